The second kappa shape index (κ2) is 6.82. The third-order valence-corrected chi connectivity index (χ3v) is 4.95. The summed E-state index contributed by atoms with van der Waals surface area (Å²) >= 11 is 2.09. The van der Waals surface area contributed by atoms with Gasteiger partial charge in [0.1, 0.15) is 11.5 Å². The molecular formula is C15H26N2OS. The van der Waals surface area contributed by atoms with E-state index >= 15 is 0 Å². The number of hydrogen-bond donors (Lipinski definition) is 1. The smallest absolute Gasteiger partial charge is 0.118 e. The van der Waals surface area contributed by atoms with E-state index in [-0.39, 0.29) is 0 Å². The maximum Gasteiger partial charge on any atom is 0.118 e. The Morgan fingerprint density at radius 3 is 2.89 bits per heavy atom. The van der Waals surface area contributed by atoms with E-state index in [1.165, 1.54) is 18.7 Å². The number of furan rings is 1. The Morgan fingerprint density at radius 2 is 2.11 bits per heavy atom. The first kappa shape index (κ1) is 14.9. The Morgan fingerprint density at radius 1 is 1.32 bits per heavy atom. The maximum atomic E-state index is 5.87. The molecule has 1 saturated heterocycles. The van der Waals surface area contributed by atoms with Crippen molar-refractivity contribution in [2.75, 3.05) is 25.4 Å². The lowest BCUT2D eigenvalue weighted by Crippen LogP contribution is -2.26. The molecule has 1 N–H and O–H groups in total. The standard InChI is InChI=1S/C15H26N2OS/c1-4-16-11-13-5-6-14(18-13)12-17-8-7-15(2,3)19-10-9-17/h5-6,16H,4,7-12H2,1-3H3. The van der Waals surface area contributed by atoms with E-state index in [0.29, 0.717) is 4.75 Å². The minimum Gasteiger partial charge on any atom is -0.463 e. The molecule has 0 bridgehead atoms. The van der Waals surface area contributed by atoms with E-state index in [1.54, 1.807) is 0 Å². The average Bonchev–Trinajstić information content (AvgIpc) is 2.73. The second-order valence-corrected chi connectivity index (χ2v) is 7.58. The molecule has 0 spiro atoms. The molecule has 1 aromatic heterocycles. The third kappa shape index (κ3) is 4.86. The van der Waals surface area contributed by atoms with Gasteiger partial charge in [0.2, 0.25) is 0 Å². The summed E-state index contributed by atoms with van der Waals surface area (Å²) in [5.74, 6) is 3.36. The number of rotatable bonds is 5. The zero-order valence-corrected chi connectivity index (χ0v) is 13.2. The number of hydrogen-bond acceptors (Lipinski definition) is 4. The van der Waals surface area contributed by atoms with Crippen molar-refractivity contribution in [1.29, 1.82) is 0 Å². The average molecular weight is 282 g/mol. The van der Waals surface area contributed by atoms with Gasteiger partial charge in [-0.3, -0.25) is 4.90 Å². The molecule has 0 aromatic carbocycles. The molecule has 108 valence electrons. The summed E-state index contributed by atoms with van der Waals surface area (Å²) in [7, 11) is 0. The van der Waals surface area contributed by atoms with Crippen LogP contribution >= 0.6 is 11.8 Å². The summed E-state index contributed by atoms with van der Waals surface area (Å²) in [6, 6.07) is 4.21. The number of thioether (sulfide) groups is 1. The summed E-state index contributed by atoms with van der Waals surface area (Å²) in [5, 5.41) is 3.29. The van der Waals surface area contributed by atoms with Crippen LogP contribution in [0.25, 0.3) is 0 Å². The van der Waals surface area contributed by atoms with E-state index in [9.17, 15) is 0 Å². The van der Waals surface area contributed by atoms with Crippen molar-refractivity contribution in [3.05, 3.63) is 23.7 Å². The Labute approximate surface area is 121 Å². The predicted octanol–water partition coefficient (Wildman–Crippen LogP) is 3.11. The number of nitrogens with one attached hydrogen (secondary N) is 1. The van der Waals surface area contributed by atoms with E-state index in [0.717, 1.165) is 37.7 Å². The molecule has 1 aliphatic heterocycles. The van der Waals surface area contributed by atoms with Crippen LogP contribution in [0.1, 0.15) is 38.7 Å². The van der Waals surface area contributed by atoms with Gasteiger partial charge in [-0.1, -0.05) is 20.8 Å². The van der Waals surface area contributed by atoms with Crippen LogP contribution in [0, 0.1) is 0 Å². The molecule has 0 atom stereocenters. The Hall–Kier alpha value is -0.450. The van der Waals surface area contributed by atoms with Gasteiger partial charge in [-0.25, -0.2) is 0 Å². The molecule has 19 heavy (non-hydrogen) atoms. The first-order chi connectivity index (χ1) is 9.09. The molecule has 2 rings (SSSR count). The predicted molar refractivity (Wildman–Crippen MR) is 82.5 cm³/mol. The lowest BCUT2D eigenvalue weighted by molar-refractivity contribution is 0.250. The lowest BCUT2D eigenvalue weighted by atomic mass is 10.1. The lowest BCUT2D eigenvalue weighted by Gasteiger charge is -2.22. The van der Waals surface area contributed by atoms with Crippen LogP contribution in [0.2, 0.25) is 0 Å². The van der Waals surface area contributed by atoms with E-state index in [4.69, 9.17) is 4.42 Å². The van der Waals surface area contributed by atoms with Gasteiger partial charge in [0.15, 0.2) is 0 Å². The third-order valence-electron chi connectivity index (χ3n) is 3.58. The zero-order valence-electron chi connectivity index (χ0n) is 12.4. The molecule has 0 saturated carbocycles. The van der Waals surface area contributed by atoms with Crippen LogP contribution in [0.5, 0.6) is 0 Å². The normalized spacial score (nSPS) is 20.4. The highest BCUT2D eigenvalue weighted by Gasteiger charge is 2.23. The summed E-state index contributed by atoms with van der Waals surface area (Å²) in [6.07, 6.45) is 1.25. The minimum atomic E-state index is 0.425. The van der Waals surface area contributed by atoms with Gasteiger partial charge in [0.25, 0.3) is 0 Å². The molecule has 0 amide bonds. The van der Waals surface area contributed by atoms with Crippen molar-refractivity contribution < 1.29 is 4.42 Å². The highest BCUT2D eigenvalue weighted by molar-refractivity contribution is 8.00. The van der Waals surface area contributed by atoms with E-state index in [2.05, 4.69) is 54.9 Å². The van der Waals surface area contributed by atoms with Crippen LogP contribution < -0.4 is 5.32 Å². The number of nitrogens with zero attached hydrogens (tertiary/aromatic N) is 1. The van der Waals surface area contributed by atoms with Gasteiger partial charge in [0.05, 0.1) is 13.1 Å². The fraction of sp³-hybridized carbons (Fsp3) is 0.733. The molecule has 0 radical (unpaired) electrons. The van der Waals surface area contributed by atoms with Crippen LogP contribution in [0.15, 0.2) is 16.5 Å². The highest BCUT2D eigenvalue weighted by atomic mass is 32.2. The van der Waals surface area contributed by atoms with E-state index < -0.39 is 0 Å². The van der Waals surface area contributed by atoms with Crippen molar-refractivity contribution in [2.24, 2.45) is 0 Å². The minimum absolute atomic E-state index is 0.425. The highest BCUT2D eigenvalue weighted by Crippen LogP contribution is 2.31. The molecular weight excluding hydrogens is 256 g/mol. The van der Waals surface area contributed by atoms with Crippen molar-refractivity contribution in [2.45, 2.75) is 45.0 Å². The monoisotopic (exact) mass is 282 g/mol. The van der Waals surface area contributed by atoms with Crippen LogP contribution in [0.4, 0.5) is 0 Å². The summed E-state index contributed by atoms with van der Waals surface area (Å²) in [5.41, 5.74) is 0. The van der Waals surface area contributed by atoms with Crippen LogP contribution in [-0.4, -0.2) is 35.0 Å². The SMILES string of the molecule is CCNCc1ccc(CN2CCSC(C)(C)CC2)o1. The van der Waals surface area contributed by atoms with Crippen molar-refractivity contribution >= 4 is 11.8 Å². The van der Waals surface area contributed by atoms with Crippen molar-refractivity contribution in [3.63, 3.8) is 0 Å². The fourth-order valence-corrected chi connectivity index (χ4v) is 3.43. The summed E-state index contributed by atoms with van der Waals surface area (Å²) in [4.78, 5) is 2.51. The van der Waals surface area contributed by atoms with Crippen molar-refractivity contribution in [3.8, 4) is 0 Å². The Kier molecular flexibility index (Phi) is 5.37. The first-order valence-electron chi connectivity index (χ1n) is 7.24. The Balaban J connectivity index is 1.85. The molecule has 1 aromatic rings. The van der Waals surface area contributed by atoms with Gasteiger partial charge >= 0.3 is 0 Å². The summed E-state index contributed by atoms with van der Waals surface area (Å²) < 4.78 is 6.30. The molecule has 1 aliphatic rings. The molecule has 0 unspecified atom stereocenters. The zero-order chi connectivity index (χ0) is 13.7. The van der Waals surface area contributed by atoms with Gasteiger partial charge < -0.3 is 9.73 Å². The van der Waals surface area contributed by atoms with Crippen LogP contribution in [-0.2, 0) is 13.1 Å². The van der Waals surface area contributed by atoms with E-state index in [1.807, 2.05) is 0 Å². The van der Waals surface area contributed by atoms with Gasteiger partial charge in [-0.15, -0.1) is 0 Å². The molecule has 1 fully saturated rings. The van der Waals surface area contributed by atoms with Gasteiger partial charge in [-0.05, 0) is 31.6 Å². The van der Waals surface area contributed by atoms with Gasteiger partial charge in [0, 0.05) is 17.0 Å². The fourth-order valence-electron chi connectivity index (χ4n) is 2.29. The van der Waals surface area contributed by atoms with Crippen molar-refractivity contribution in [1.82, 2.24) is 10.2 Å². The quantitative estimate of drug-likeness (QED) is 0.898. The largest absolute Gasteiger partial charge is 0.463 e. The second-order valence-electron chi connectivity index (χ2n) is 5.78. The maximum absolute atomic E-state index is 5.87. The van der Waals surface area contributed by atoms with Crippen LogP contribution in [0.3, 0.4) is 0 Å². The Bertz CT molecular complexity index is 389. The molecule has 2 heterocycles. The molecule has 0 aliphatic carbocycles. The topological polar surface area (TPSA) is 28.4 Å². The first-order valence-corrected chi connectivity index (χ1v) is 8.22. The molecule has 4 heteroatoms. The molecule has 3 nitrogen and oxygen atoms in total. The van der Waals surface area contributed by atoms with Gasteiger partial charge in [-0.2, -0.15) is 11.8 Å². The summed E-state index contributed by atoms with van der Waals surface area (Å²) in [6.45, 7) is 11.9.